The second-order valence-electron chi connectivity index (χ2n) is 11.1. The van der Waals surface area contributed by atoms with Gasteiger partial charge in [-0.3, -0.25) is 19.4 Å². The molecule has 0 bridgehead atoms. The highest BCUT2D eigenvalue weighted by Crippen LogP contribution is 2.22. The van der Waals surface area contributed by atoms with E-state index >= 15 is 0 Å². The third-order valence-electron chi connectivity index (χ3n) is 7.83. The van der Waals surface area contributed by atoms with E-state index in [1.165, 1.54) is 11.8 Å². The molecule has 1 fully saturated rings. The van der Waals surface area contributed by atoms with Crippen molar-refractivity contribution in [1.82, 2.24) is 20.2 Å². The Kier molecular flexibility index (Phi) is 12.4. The monoisotopic (exact) mass is 632 g/mol. The molecule has 0 saturated carbocycles. The third-order valence-corrected chi connectivity index (χ3v) is 8.01. The molecule has 4 rings (SSSR count). The zero-order chi connectivity index (χ0) is 32.2. The number of carbonyl (C=O) groups excluding carboxylic acids is 3. The van der Waals surface area contributed by atoms with Crippen LogP contribution in [0.5, 0.6) is 0 Å². The number of piperazine rings is 1. The molecule has 1 aliphatic heterocycles. The first kappa shape index (κ1) is 33.5. The van der Waals surface area contributed by atoms with E-state index in [4.69, 9.17) is 28.8 Å². The second-order valence-corrected chi connectivity index (χ2v) is 11.4. The Morgan fingerprint density at radius 3 is 2.24 bits per heavy atom. The Morgan fingerprint density at radius 1 is 0.933 bits per heavy atom. The quantitative estimate of drug-likeness (QED) is 0.113. The normalized spacial score (nSPS) is 15.2. The molecule has 0 radical (unpaired) electrons. The Hall–Kier alpha value is -4.35. The van der Waals surface area contributed by atoms with Crippen LogP contribution in [-0.2, 0) is 22.4 Å². The summed E-state index contributed by atoms with van der Waals surface area (Å²) in [6.07, 6.45) is 7.22. The van der Waals surface area contributed by atoms with Crippen molar-refractivity contribution < 1.29 is 14.4 Å². The molecule has 0 aliphatic carbocycles. The fraction of sp³-hybridized carbons (Fsp3) is 0.394. The van der Waals surface area contributed by atoms with Gasteiger partial charge < -0.3 is 27.4 Å². The van der Waals surface area contributed by atoms with E-state index in [2.05, 4.69) is 68.8 Å². The van der Waals surface area contributed by atoms with Gasteiger partial charge in [-0.05, 0) is 73.7 Å². The summed E-state index contributed by atoms with van der Waals surface area (Å²) in [4.78, 5) is 51.0. The Labute approximate surface area is 268 Å². The van der Waals surface area contributed by atoms with Crippen molar-refractivity contribution in [2.45, 2.75) is 57.4 Å². The number of rotatable bonds is 15. The number of benzene rings is 2. The average Bonchev–Trinajstić information content (AvgIpc) is 3.04. The molecule has 2 aromatic carbocycles. The van der Waals surface area contributed by atoms with E-state index in [1.807, 2.05) is 0 Å². The molecule has 1 saturated heterocycles. The maximum absolute atomic E-state index is 13.0. The number of aromatic nitrogens is 2. The number of nitrogens with two attached hydrogens (primary N) is 3. The minimum absolute atomic E-state index is 0.0191. The summed E-state index contributed by atoms with van der Waals surface area (Å²) in [6.45, 7) is 2.11. The van der Waals surface area contributed by atoms with E-state index in [1.54, 1.807) is 4.90 Å². The van der Waals surface area contributed by atoms with Crippen molar-refractivity contribution in [2.75, 3.05) is 26.2 Å². The summed E-state index contributed by atoms with van der Waals surface area (Å²) in [5.74, 6) is -0.707. The number of nitrogens with one attached hydrogen (secondary N) is 1. The highest BCUT2D eigenvalue weighted by molar-refractivity contribution is 6.29. The average molecular weight is 633 g/mol. The zero-order valence-electron chi connectivity index (χ0n) is 25.4. The number of halogens is 1. The van der Waals surface area contributed by atoms with Crippen LogP contribution in [-0.4, -0.2) is 70.6 Å². The van der Waals surface area contributed by atoms with Gasteiger partial charge in [0.1, 0.15) is 22.7 Å². The van der Waals surface area contributed by atoms with Gasteiger partial charge >= 0.3 is 0 Å². The van der Waals surface area contributed by atoms with Crippen molar-refractivity contribution in [2.24, 2.45) is 22.2 Å². The molecule has 1 aromatic heterocycles. The molecular formula is C33H41ClN8O3. The molecule has 0 spiro atoms. The number of unbranched alkanes of at least 4 members (excludes halogenated alkanes) is 2. The molecule has 7 N–H and O–H groups in total. The molecule has 1 atom stereocenters. The van der Waals surface area contributed by atoms with Crippen molar-refractivity contribution in [3.63, 3.8) is 0 Å². The molecule has 45 heavy (non-hydrogen) atoms. The van der Waals surface area contributed by atoms with Gasteiger partial charge in [0.25, 0.3) is 5.91 Å². The second kappa shape index (κ2) is 16.6. The first-order valence-electron chi connectivity index (χ1n) is 15.3. The summed E-state index contributed by atoms with van der Waals surface area (Å²) < 4.78 is 0. The highest BCUT2D eigenvalue weighted by Gasteiger charge is 2.32. The van der Waals surface area contributed by atoms with Crippen LogP contribution in [0.4, 0.5) is 0 Å². The molecular weight excluding hydrogens is 592 g/mol. The standard InChI is InChI=1S/C33H41ClN8O3/c34-27-21-40-29(30(41-27)32(37)44)31(36)38-18-4-2-5-22-7-12-24(13-8-22)25-14-9-23(10-15-25)11-16-28(43)42-20-19-39-33(45)26(42)6-1-3-17-35/h7-10,12-15,21,26H,1-6,11,16-20,35H2,(H2,36,38)(H2,37,44)(H,39,45). The molecule has 12 heteroatoms. The van der Waals surface area contributed by atoms with Crippen LogP contribution >= 0.6 is 11.6 Å². The van der Waals surface area contributed by atoms with Crippen LogP contribution in [0.25, 0.3) is 11.1 Å². The molecule has 2 heterocycles. The topological polar surface area (TPSA) is 183 Å². The van der Waals surface area contributed by atoms with Crippen LogP contribution in [0.2, 0.25) is 5.15 Å². The van der Waals surface area contributed by atoms with Gasteiger partial charge in [0.15, 0.2) is 5.69 Å². The number of hydrogen-bond donors (Lipinski definition) is 4. The summed E-state index contributed by atoms with van der Waals surface area (Å²) >= 11 is 5.80. The number of primary amides is 1. The van der Waals surface area contributed by atoms with Crippen molar-refractivity contribution in [1.29, 1.82) is 0 Å². The Bertz CT molecular complexity index is 1490. The first-order valence-corrected chi connectivity index (χ1v) is 15.7. The van der Waals surface area contributed by atoms with E-state index < -0.39 is 11.9 Å². The zero-order valence-corrected chi connectivity index (χ0v) is 26.1. The summed E-state index contributed by atoms with van der Waals surface area (Å²) in [5.41, 5.74) is 21.5. The van der Waals surface area contributed by atoms with E-state index in [-0.39, 0.29) is 34.2 Å². The van der Waals surface area contributed by atoms with Gasteiger partial charge in [-0.1, -0.05) is 60.1 Å². The maximum Gasteiger partial charge on any atom is 0.269 e. The van der Waals surface area contributed by atoms with Crippen molar-refractivity contribution >= 4 is 35.2 Å². The number of amidine groups is 1. The summed E-state index contributed by atoms with van der Waals surface area (Å²) in [6, 6.07) is 16.4. The largest absolute Gasteiger partial charge is 0.382 e. The van der Waals surface area contributed by atoms with Crippen LogP contribution in [0.15, 0.2) is 59.7 Å². The minimum atomic E-state index is -0.766. The molecule has 3 amide bonds. The van der Waals surface area contributed by atoms with Crippen LogP contribution in [0.1, 0.15) is 65.8 Å². The fourth-order valence-electron chi connectivity index (χ4n) is 5.35. The van der Waals surface area contributed by atoms with E-state index in [9.17, 15) is 14.4 Å². The van der Waals surface area contributed by atoms with E-state index in [0.29, 0.717) is 45.4 Å². The molecule has 11 nitrogen and oxygen atoms in total. The van der Waals surface area contributed by atoms with Crippen molar-refractivity contribution in [3.05, 3.63) is 82.4 Å². The smallest absolute Gasteiger partial charge is 0.269 e. The number of amides is 3. The van der Waals surface area contributed by atoms with Crippen LogP contribution in [0.3, 0.4) is 0 Å². The van der Waals surface area contributed by atoms with E-state index in [0.717, 1.165) is 48.8 Å². The predicted molar refractivity (Wildman–Crippen MR) is 176 cm³/mol. The Morgan fingerprint density at radius 2 is 1.60 bits per heavy atom. The van der Waals surface area contributed by atoms with Gasteiger partial charge in [-0.15, -0.1) is 0 Å². The van der Waals surface area contributed by atoms with Crippen molar-refractivity contribution in [3.8, 4) is 11.1 Å². The van der Waals surface area contributed by atoms with Gasteiger partial charge in [-0.2, -0.15) is 0 Å². The third kappa shape index (κ3) is 9.57. The van der Waals surface area contributed by atoms with Crippen LogP contribution < -0.4 is 22.5 Å². The van der Waals surface area contributed by atoms with Gasteiger partial charge in [0, 0.05) is 26.1 Å². The molecule has 1 unspecified atom stereocenters. The summed E-state index contributed by atoms with van der Waals surface area (Å²) in [7, 11) is 0. The van der Waals surface area contributed by atoms with Gasteiger partial charge in [-0.25, -0.2) is 9.97 Å². The molecule has 238 valence electrons. The number of hydrogen-bond acceptors (Lipinski definition) is 7. The lowest BCUT2D eigenvalue weighted by molar-refractivity contribution is -0.143. The number of aryl methyl sites for hydroxylation is 2. The lowest BCUT2D eigenvalue weighted by Gasteiger charge is -2.35. The lowest BCUT2D eigenvalue weighted by atomic mass is 9.99. The minimum Gasteiger partial charge on any atom is -0.382 e. The number of carbonyl (C=O) groups is 3. The van der Waals surface area contributed by atoms with Crippen LogP contribution in [0, 0.1) is 0 Å². The fourth-order valence-corrected chi connectivity index (χ4v) is 5.48. The first-order chi connectivity index (χ1) is 21.8. The number of nitrogens with zero attached hydrogens (tertiary/aromatic N) is 4. The Balaban J connectivity index is 1.23. The molecule has 3 aromatic rings. The summed E-state index contributed by atoms with van der Waals surface area (Å²) in [5, 5.41) is 2.94. The highest BCUT2D eigenvalue weighted by atomic mass is 35.5. The van der Waals surface area contributed by atoms with Gasteiger partial charge in [0.05, 0.1) is 6.20 Å². The molecule has 1 aliphatic rings. The SMILES string of the molecule is NCCCCC1C(=O)NCCN1C(=O)CCc1ccc(-c2ccc(CCCCN=C(N)c3ncc(Cl)nc3C(N)=O)cc2)cc1. The number of aliphatic imine (C=N–C) groups is 1. The maximum atomic E-state index is 13.0. The predicted octanol–water partition coefficient (Wildman–Crippen LogP) is 3.01. The van der Waals surface area contributed by atoms with Gasteiger partial charge in [0.2, 0.25) is 11.8 Å². The lowest BCUT2D eigenvalue weighted by Crippen LogP contribution is -2.57.